The summed E-state index contributed by atoms with van der Waals surface area (Å²) in [4.78, 5) is 26.2. The Bertz CT molecular complexity index is 1290. The van der Waals surface area contributed by atoms with E-state index in [1.54, 1.807) is 7.11 Å². The molecule has 1 N–H and O–H groups in total. The van der Waals surface area contributed by atoms with Gasteiger partial charge in [-0.15, -0.1) is 0 Å². The van der Waals surface area contributed by atoms with Gasteiger partial charge in [-0.3, -0.25) is 9.59 Å². The molecule has 1 aliphatic carbocycles. The first-order valence-corrected chi connectivity index (χ1v) is 12.5. The lowest BCUT2D eigenvalue weighted by atomic mass is 9.73. The Labute approximate surface area is 212 Å². The fourth-order valence-electron chi connectivity index (χ4n) is 5.26. The van der Waals surface area contributed by atoms with Crippen LogP contribution < -0.4 is 14.8 Å². The van der Waals surface area contributed by atoms with Crippen LogP contribution in [0.5, 0.6) is 11.5 Å². The lowest BCUT2D eigenvalue weighted by Gasteiger charge is -2.34. The van der Waals surface area contributed by atoms with Gasteiger partial charge in [-0.1, -0.05) is 67.6 Å². The predicted octanol–water partition coefficient (Wildman–Crippen LogP) is 5.84. The van der Waals surface area contributed by atoms with E-state index >= 15 is 0 Å². The number of hydrogen-bond acceptors (Lipinski definition) is 4. The van der Waals surface area contributed by atoms with E-state index < -0.39 is 0 Å². The topological polar surface area (TPSA) is 64.6 Å². The average Bonchev–Trinajstić information content (AvgIpc) is 2.91. The SMILES string of the molecule is CCc1ccc(C2CC(=O)C3=C(C2)NC(=O)CC3c2ccc(OC)c(OCc3ccccc3)c2)cc1. The minimum absolute atomic E-state index is 0.0592. The molecule has 0 radical (unpaired) electrons. The van der Waals surface area contributed by atoms with Gasteiger partial charge in [0.25, 0.3) is 0 Å². The van der Waals surface area contributed by atoms with E-state index in [4.69, 9.17) is 9.47 Å². The Kier molecular flexibility index (Phi) is 6.90. The summed E-state index contributed by atoms with van der Waals surface area (Å²) in [7, 11) is 1.61. The Balaban J connectivity index is 1.43. The van der Waals surface area contributed by atoms with Crippen LogP contribution in [-0.2, 0) is 22.6 Å². The van der Waals surface area contributed by atoms with Gasteiger partial charge in [0.1, 0.15) is 6.61 Å². The summed E-state index contributed by atoms with van der Waals surface area (Å²) in [6, 6.07) is 24.1. The third kappa shape index (κ3) is 4.92. The number of ketones is 1. The van der Waals surface area contributed by atoms with Gasteiger partial charge in [-0.2, -0.15) is 0 Å². The number of amides is 1. The number of methoxy groups -OCH3 is 1. The van der Waals surface area contributed by atoms with Gasteiger partial charge in [0, 0.05) is 30.0 Å². The van der Waals surface area contributed by atoms with E-state index in [0.717, 1.165) is 34.4 Å². The first kappa shape index (κ1) is 23.9. The Hall–Kier alpha value is -3.86. The molecule has 1 heterocycles. The van der Waals surface area contributed by atoms with Crippen molar-refractivity contribution in [1.29, 1.82) is 0 Å². The number of Topliss-reactive ketones (excluding diaryl/α,β-unsaturated/α-hetero) is 1. The van der Waals surface area contributed by atoms with Crippen molar-refractivity contribution in [3.63, 3.8) is 0 Å². The molecule has 0 fully saturated rings. The monoisotopic (exact) mass is 481 g/mol. The molecule has 1 amide bonds. The molecule has 3 aromatic rings. The van der Waals surface area contributed by atoms with Crippen LogP contribution in [0, 0.1) is 0 Å². The minimum Gasteiger partial charge on any atom is -0.493 e. The summed E-state index contributed by atoms with van der Waals surface area (Å²) in [5.74, 6) is 1.04. The fourth-order valence-corrected chi connectivity index (χ4v) is 5.26. The largest absolute Gasteiger partial charge is 0.493 e. The van der Waals surface area contributed by atoms with Crippen molar-refractivity contribution in [2.75, 3.05) is 7.11 Å². The molecular formula is C31H31NO4. The number of aryl methyl sites for hydroxylation is 1. The molecule has 0 aromatic heterocycles. The number of carbonyl (C=O) groups excluding carboxylic acids is 2. The molecule has 5 nitrogen and oxygen atoms in total. The lowest BCUT2D eigenvalue weighted by molar-refractivity contribution is -0.122. The second kappa shape index (κ2) is 10.4. The van der Waals surface area contributed by atoms with Crippen LogP contribution >= 0.6 is 0 Å². The summed E-state index contributed by atoms with van der Waals surface area (Å²) < 4.78 is 11.6. The van der Waals surface area contributed by atoms with E-state index in [2.05, 4.69) is 36.5 Å². The van der Waals surface area contributed by atoms with Gasteiger partial charge in [0.05, 0.1) is 7.11 Å². The average molecular weight is 482 g/mol. The van der Waals surface area contributed by atoms with E-state index in [9.17, 15) is 9.59 Å². The number of hydrogen-bond donors (Lipinski definition) is 1. The summed E-state index contributed by atoms with van der Waals surface area (Å²) >= 11 is 0. The standard InChI is InChI=1S/C31H31NO4/c1-3-20-9-11-22(12-10-20)24-15-26-31(27(33)16-24)25(18-30(34)32-26)23-13-14-28(35-2)29(17-23)36-19-21-7-5-4-6-8-21/h4-14,17,24-25H,3,15-16,18-19H2,1-2H3,(H,32,34). The van der Waals surface area contributed by atoms with Crippen molar-refractivity contribution in [3.8, 4) is 11.5 Å². The molecule has 0 bridgehead atoms. The molecule has 184 valence electrons. The molecule has 3 aromatic carbocycles. The Morgan fingerprint density at radius 3 is 2.31 bits per heavy atom. The second-order valence-electron chi connectivity index (χ2n) is 9.51. The summed E-state index contributed by atoms with van der Waals surface area (Å²) in [5, 5.41) is 3.02. The Morgan fingerprint density at radius 1 is 0.833 bits per heavy atom. The quantitative estimate of drug-likeness (QED) is 0.460. The van der Waals surface area contributed by atoms with Crippen LogP contribution in [0.3, 0.4) is 0 Å². The first-order valence-electron chi connectivity index (χ1n) is 12.5. The molecule has 5 heteroatoms. The van der Waals surface area contributed by atoms with Crippen molar-refractivity contribution in [2.45, 2.75) is 51.0 Å². The molecule has 2 aliphatic rings. The summed E-state index contributed by atoms with van der Waals surface area (Å²) in [6.45, 7) is 2.53. The second-order valence-corrected chi connectivity index (χ2v) is 9.51. The number of benzene rings is 3. The third-order valence-corrected chi connectivity index (χ3v) is 7.22. The summed E-state index contributed by atoms with van der Waals surface area (Å²) in [5.41, 5.74) is 5.85. The molecule has 2 unspecified atom stereocenters. The van der Waals surface area contributed by atoms with Gasteiger partial charge in [-0.05, 0) is 53.1 Å². The van der Waals surface area contributed by atoms with Gasteiger partial charge >= 0.3 is 0 Å². The van der Waals surface area contributed by atoms with Crippen LogP contribution in [-0.4, -0.2) is 18.8 Å². The predicted molar refractivity (Wildman–Crippen MR) is 139 cm³/mol. The minimum atomic E-state index is -0.297. The molecule has 2 atom stereocenters. The van der Waals surface area contributed by atoms with Crippen LogP contribution in [0.2, 0.25) is 0 Å². The molecule has 36 heavy (non-hydrogen) atoms. The van der Waals surface area contributed by atoms with E-state index in [1.807, 2.05) is 48.5 Å². The maximum absolute atomic E-state index is 13.5. The van der Waals surface area contributed by atoms with Gasteiger partial charge < -0.3 is 14.8 Å². The normalized spacial score (nSPS) is 19.5. The molecule has 0 spiro atoms. The maximum Gasteiger partial charge on any atom is 0.225 e. The smallest absolute Gasteiger partial charge is 0.225 e. The van der Waals surface area contributed by atoms with Crippen LogP contribution in [0.1, 0.15) is 60.3 Å². The van der Waals surface area contributed by atoms with Crippen molar-refractivity contribution < 1.29 is 19.1 Å². The highest BCUT2D eigenvalue weighted by molar-refractivity contribution is 6.02. The zero-order valence-electron chi connectivity index (χ0n) is 20.8. The highest BCUT2D eigenvalue weighted by atomic mass is 16.5. The number of allylic oxidation sites excluding steroid dienone is 2. The van der Waals surface area contributed by atoms with Crippen LogP contribution in [0.15, 0.2) is 84.1 Å². The molecule has 1 aliphatic heterocycles. The van der Waals surface area contributed by atoms with Gasteiger partial charge in [0.15, 0.2) is 17.3 Å². The Morgan fingerprint density at radius 2 is 1.58 bits per heavy atom. The summed E-state index contributed by atoms with van der Waals surface area (Å²) in [6.07, 6.45) is 2.33. The first-order chi connectivity index (χ1) is 17.6. The number of carbonyl (C=O) groups is 2. The van der Waals surface area contributed by atoms with Gasteiger partial charge in [0.2, 0.25) is 5.91 Å². The van der Waals surface area contributed by atoms with Gasteiger partial charge in [-0.25, -0.2) is 0 Å². The molecule has 0 saturated heterocycles. The van der Waals surface area contributed by atoms with E-state index in [1.165, 1.54) is 5.56 Å². The van der Waals surface area contributed by atoms with E-state index in [0.29, 0.717) is 30.9 Å². The third-order valence-electron chi connectivity index (χ3n) is 7.22. The molecule has 0 saturated carbocycles. The highest BCUT2D eigenvalue weighted by Crippen LogP contribution is 2.44. The zero-order valence-corrected chi connectivity index (χ0v) is 20.8. The maximum atomic E-state index is 13.5. The highest BCUT2D eigenvalue weighted by Gasteiger charge is 2.38. The van der Waals surface area contributed by atoms with Crippen molar-refractivity contribution in [2.24, 2.45) is 0 Å². The van der Waals surface area contributed by atoms with Crippen LogP contribution in [0.25, 0.3) is 0 Å². The molecular weight excluding hydrogens is 450 g/mol. The van der Waals surface area contributed by atoms with E-state index in [-0.39, 0.29) is 29.9 Å². The van der Waals surface area contributed by atoms with Crippen LogP contribution in [0.4, 0.5) is 0 Å². The zero-order chi connectivity index (χ0) is 25.1. The fraction of sp³-hybridized carbons (Fsp3) is 0.290. The number of nitrogens with one attached hydrogen (secondary N) is 1. The van der Waals surface area contributed by atoms with Crippen molar-refractivity contribution >= 4 is 11.7 Å². The number of ether oxygens (including phenoxy) is 2. The lowest BCUT2D eigenvalue weighted by Crippen LogP contribution is -2.38. The molecule has 5 rings (SSSR count). The van der Waals surface area contributed by atoms with Crippen molar-refractivity contribution in [3.05, 3.63) is 106 Å². The number of rotatable bonds is 7. The van der Waals surface area contributed by atoms with Crippen molar-refractivity contribution in [1.82, 2.24) is 5.32 Å².